The Labute approximate surface area is 122 Å². The molecular weight excluding hydrogens is 248 g/mol. The number of aromatic nitrogens is 2. The number of rotatable bonds is 6. The zero-order chi connectivity index (χ0) is 13.9. The highest BCUT2D eigenvalue weighted by Crippen LogP contribution is 2.28. The minimum atomic E-state index is 0.459. The smallest absolute Gasteiger partial charge is 0.0534 e. The summed E-state index contributed by atoms with van der Waals surface area (Å²) in [6.45, 7) is 9.10. The quantitative estimate of drug-likeness (QED) is 0.866. The zero-order valence-electron chi connectivity index (χ0n) is 12.9. The van der Waals surface area contributed by atoms with Gasteiger partial charge in [-0.3, -0.25) is 9.58 Å². The number of likely N-dealkylation sites (tertiary alicyclic amines) is 1. The van der Waals surface area contributed by atoms with Crippen molar-refractivity contribution < 1.29 is 0 Å². The van der Waals surface area contributed by atoms with Crippen LogP contribution in [0.3, 0.4) is 0 Å². The summed E-state index contributed by atoms with van der Waals surface area (Å²) in [4.78, 5) is 2.57. The number of piperidine rings is 1. The van der Waals surface area contributed by atoms with E-state index in [4.69, 9.17) is 0 Å². The van der Waals surface area contributed by atoms with Crippen LogP contribution < -0.4 is 5.32 Å². The summed E-state index contributed by atoms with van der Waals surface area (Å²) in [5, 5.41) is 8.17. The molecule has 0 spiro atoms. The van der Waals surface area contributed by atoms with Crippen molar-refractivity contribution in [2.75, 3.05) is 19.6 Å². The van der Waals surface area contributed by atoms with Gasteiger partial charge in [0.25, 0.3) is 0 Å². The molecule has 0 bridgehead atoms. The maximum absolute atomic E-state index is 4.43. The Morgan fingerprint density at radius 2 is 2.00 bits per heavy atom. The second-order valence-electron chi connectivity index (χ2n) is 6.82. The van der Waals surface area contributed by atoms with Gasteiger partial charge in [-0.15, -0.1) is 0 Å². The second-order valence-corrected chi connectivity index (χ2v) is 6.82. The summed E-state index contributed by atoms with van der Waals surface area (Å²) < 4.78 is 2.05. The fourth-order valence-corrected chi connectivity index (χ4v) is 2.95. The molecule has 1 aromatic heterocycles. The number of hydrogen-bond donors (Lipinski definition) is 1. The van der Waals surface area contributed by atoms with Gasteiger partial charge in [0.15, 0.2) is 0 Å². The molecule has 4 heteroatoms. The first-order valence-corrected chi connectivity index (χ1v) is 8.19. The average Bonchev–Trinajstić information content (AvgIpc) is 3.15. The van der Waals surface area contributed by atoms with Gasteiger partial charge < -0.3 is 5.32 Å². The van der Waals surface area contributed by atoms with E-state index < -0.39 is 0 Å². The van der Waals surface area contributed by atoms with Gasteiger partial charge in [0.05, 0.1) is 6.20 Å². The van der Waals surface area contributed by atoms with Crippen LogP contribution >= 0.6 is 0 Å². The zero-order valence-corrected chi connectivity index (χ0v) is 12.9. The third-order valence-corrected chi connectivity index (χ3v) is 4.57. The van der Waals surface area contributed by atoms with Crippen molar-refractivity contribution in [3.8, 4) is 0 Å². The Morgan fingerprint density at radius 1 is 1.25 bits per heavy atom. The fraction of sp³-hybridized carbons (Fsp3) is 0.812. The summed E-state index contributed by atoms with van der Waals surface area (Å²) in [7, 11) is 0. The van der Waals surface area contributed by atoms with Crippen molar-refractivity contribution in [3.63, 3.8) is 0 Å². The second kappa shape index (κ2) is 6.27. The van der Waals surface area contributed by atoms with E-state index in [1.807, 2.05) is 6.20 Å². The van der Waals surface area contributed by atoms with E-state index in [9.17, 15) is 0 Å². The van der Waals surface area contributed by atoms with Gasteiger partial charge in [-0.25, -0.2) is 0 Å². The van der Waals surface area contributed by atoms with Crippen LogP contribution in [0.5, 0.6) is 0 Å². The molecule has 2 heterocycles. The van der Waals surface area contributed by atoms with Crippen LogP contribution in [0.15, 0.2) is 12.4 Å². The van der Waals surface area contributed by atoms with Crippen molar-refractivity contribution in [1.82, 2.24) is 20.0 Å². The van der Waals surface area contributed by atoms with Gasteiger partial charge >= 0.3 is 0 Å². The summed E-state index contributed by atoms with van der Waals surface area (Å²) in [5.41, 5.74) is 1.35. The topological polar surface area (TPSA) is 33.1 Å². The first-order valence-electron chi connectivity index (χ1n) is 8.19. The number of nitrogens with zero attached hydrogens (tertiary/aromatic N) is 3. The fourth-order valence-electron chi connectivity index (χ4n) is 2.95. The van der Waals surface area contributed by atoms with Crippen molar-refractivity contribution in [1.29, 1.82) is 0 Å². The molecule has 1 aliphatic heterocycles. The van der Waals surface area contributed by atoms with Crippen LogP contribution in [-0.4, -0.2) is 40.4 Å². The monoisotopic (exact) mass is 276 g/mol. The molecule has 0 amide bonds. The van der Waals surface area contributed by atoms with Gasteiger partial charge in [-0.05, 0) is 65.1 Å². The highest BCUT2D eigenvalue weighted by Gasteiger charge is 2.24. The van der Waals surface area contributed by atoms with Crippen molar-refractivity contribution in [2.45, 2.75) is 58.2 Å². The standard InChI is InChI=1S/C16H28N4/c1-13(2)20-12-15(10-18-20)11-19-7-5-16(6-8-19)17-9-14-3-4-14/h10,12-14,16-17H,3-9,11H2,1-2H3. The van der Waals surface area contributed by atoms with Crippen molar-refractivity contribution in [3.05, 3.63) is 18.0 Å². The van der Waals surface area contributed by atoms with Crippen LogP contribution in [0.2, 0.25) is 0 Å². The molecule has 1 N–H and O–H groups in total. The van der Waals surface area contributed by atoms with Crippen LogP contribution in [-0.2, 0) is 6.54 Å². The third kappa shape index (κ3) is 3.83. The van der Waals surface area contributed by atoms with Crippen LogP contribution in [0.25, 0.3) is 0 Å². The summed E-state index contributed by atoms with van der Waals surface area (Å²) in [6, 6.07) is 1.21. The maximum atomic E-state index is 4.43. The minimum Gasteiger partial charge on any atom is -0.314 e. The number of nitrogens with one attached hydrogen (secondary N) is 1. The SMILES string of the molecule is CC(C)n1cc(CN2CCC(NCC3CC3)CC2)cn1. The lowest BCUT2D eigenvalue weighted by Crippen LogP contribution is -2.42. The first kappa shape index (κ1) is 14.1. The Hall–Kier alpha value is -0.870. The molecule has 20 heavy (non-hydrogen) atoms. The molecule has 112 valence electrons. The molecule has 2 fully saturated rings. The predicted molar refractivity (Wildman–Crippen MR) is 81.6 cm³/mol. The van der Waals surface area contributed by atoms with Gasteiger partial charge in [-0.2, -0.15) is 5.10 Å². The Balaban J connectivity index is 1.40. The molecule has 2 aliphatic rings. The van der Waals surface area contributed by atoms with Gasteiger partial charge in [0, 0.05) is 30.4 Å². The molecular formula is C16H28N4. The van der Waals surface area contributed by atoms with Crippen molar-refractivity contribution in [2.24, 2.45) is 5.92 Å². The first-order chi connectivity index (χ1) is 9.70. The van der Waals surface area contributed by atoms with E-state index >= 15 is 0 Å². The molecule has 0 radical (unpaired) electrons. The molecule has 0 aromatic carbocycles. The summed E-state index contributed by atoms with van der Waals surface area (Å²) in [5.74, 6) is 0.995. The highest BCUT2D eigenvalue weighted by atomic mass is 15.3. The Kier molecular flexibility index (Phi) is 4.41. The molecule has 3 rings (SSSR count). The lowest BCUT2D eigenvalue weighted by molar-refractivity contribution is 0.190. The molecule has 1 saturated heterocycles. The predicted octanol–water partition coefficient (Wildman–Crippen LogP) is 2.43. The van der Waals surface area contributed by atoms with E-state index in [-0.39, 0.29) is 0 Å². The molecule has 1 saturated carbocycles. The lowest BCUT2D eigenvalue weighted by atomic mass is 10.0. The van der Waals surface area contributed by atoms with E-state index in [1.165, 1.54) is 50.9 Å². The van der Waals surface area contributed by atoms with Crippen LogP contribution in [0.1, 0.15) is 51.1 Å². The minimum absolute atomic E-state index is 0.459. The average molecular weight is 276 g/mol. The largest absolute Gasteiger partial charge is 0.314 e. The van der Waals surface area contributed by atoms with Crippen LogP contribution in [0.4, 0.5) is 0 Å². The van der Waals surface area contributed by atoms with Gasteiger partial charge in [0.2, 0.25) is 0 Å². The lowest BCUT2D eigenvalue weighted by Gasteiger charge is -2.32. The molecule has 1 aromatic rings. The summed E-state index contributed by atoms with van der Waals surface area (Å²) in [6.07, 6.45) is 9.72. The van der Waals surface area contributed by atoms with E-state index in [2.05, 4.69) is 40.0 Å². The maximum Gasteiger partial charge on any atom is 0.0534 e. The van der Waals surface area contributed by atoms with Gasteiger partial charge in [0.1, 0.15) is 0 Å². The molecule has 1 aliphatic carbocycles. The number of hydrogen-bond acceptors (Lipinski definition) is 3. The van der Waals surface area contributed by atoms with E-state index in [1.54, 1.807) is 0 Å². The molecule has 4 nitrogen and oxygen atoms in total. The Bertz CT molecular complexity index is 414. The summed E-state index contributed by atoms with van der Waals surface area (Å²) >= 11 is 0. The Morgan fingerprint density at radius 3 is 2.60 bits per heavy atom. The van der Waals surface area contributed by atoms with Crippen molar-refractivity contribution >= 4 is 0 Å². The van der Waals surface area contributed by atoms with Gasteiger partial charge in [-0.1, -0.05) is 0 Å². The van der Waals surface area contributed by atoms with E-state index in [0.29, 0.717) is 6.04 Å². The highest BCUT2D eigenvalue weighted by molar-refractivity contribution is 5.04. The molecule has 0 unspecified atom stereocenters. The third-order valence-electron chi connectivity index (χ3n) is 4.57. The normalized spacial score (nSPS) is 21.8. The van der Waals surface area contributed by atoms with E-state index in [0.717, 1.165) is 18.5 Å². The van der Waals surface area contributed by atoms with Crippen LogP contribution in [0, 0.1) is 5.92 Å². The molecule has 0 atom stereocenters.